The van der Waals surface area contributed by atoms with Crippen LogP contribution in [-0.4, -0.2) is 26.1 Å². The quantitative estimate of drug-likeness (QED) is 0.537. The van der Waals surface area contributed by atoms with Crippen LogP contribution in [0.25, 0.3) is 0 Å². The third-order valence-electron chi connectivity index (χ3n) is 4.72. The maximum absolute atomic E-state index is 10.2. The summed E-state index contributed by atoms with van der Waals surface area (Å²) in [7, 11) is -1.98. The molecule has 0 aliphatic carbocycles. The highest BCUT2D eigenvalue weighted by Gasteiger charge is 2.54. The molecule has 128 valence electrons. The van der Waals surface area contributed by atoms with E-state index in [-0.39, 0.29) is 16.2 Å². The van der Waals surface area contributed by atoms with E-state index in [1.807, 2.05) is 0 Å². The lowest BCUT2D eigenvalue weighted by Crippen LogP contribution is -2.55. The van der Waals surface area contributed by atoms with Gasteiger partial charge in [0.2, 0.25) is 8.32 Å². The predicted octanol–water partition coefficient (Wildman–Crippen LogP) is 5.90. The summed E-state index contributed by atoms with van der Waals surface area (Å²) < 4.78 is 6.61. The van der Waals surface area contributed by atoms with Gasteiger partial charge in [0.15, 0.2) is 0 Å². The van der Waals surface area contributed by atoms with Gasteiger partial charge < -0.3 is 9.53 Å². The van der Waals surface area contributed by atoms with Gasteiger partial charge in [0.1, 0.15) is 0 Å². The number of aliphatic hydroxyl groups is 1. The number of hydrogen-bond donors (Lipinski definition) is 1. The van der Waals surface area contributed by atoms with Crippen molar-refractivity contribution in [2.75, 3.05) is 6.61 Å². The Balaban J connectivity index is 5.10. The van der Waals surface area contributed by atoms with Crippen molar-refractivity contribution in [2.24, 2.45) is 0 Å². The Hall–Kier alpha value is 0.137. The van der Waals surface area contributed by atoms with Crippen LogP contribution in [0.1, 0.15) is 87.5 Å². The van der Waals surface area contributed by atoms with Gasteiger partial charge in [-0.1, -0.05) is 81.1 Å². The standard InChI is InChI=1S/C18H40O2Si/c1-9-11-13-16(19)15-20-21(14-12-10-2,17(3,4)5)18(6,7)8/h16,19H,9-15H2,1-8H3. The molecule has 1 atom stereocenters. The lowest BCUT2D eigenvalue weighted by atomic mass is 10.2. The smallest absolute Gasteiger partial charge is 0.203 e. The van der Waals surface area contributed by atoms with Gasteiger partial charge in [-0.05, 0) is 22.5 Å². The minimum Gasteiger partial charge on any atom is -0.413 e. The molecule has 0 spiro atoms. The fourth-order valence-electron chi connectivity index (χ4n) is 3.57. The number of unbranched alkanes of at least 4 members (excludes halogenated alkanes) is 2. The van der Waals surface area contributed by atoms with Crippen molar-refractivity contribution in [3.63, 3.8) is 0 Å². The van der Waals surface area contributed by atoms with Gasteiger partial charge in [-0.3, -0.25) is 0 Å². The van der Waals surface area contributed by atoms with Crippen molar-refractivity contribution in [1.29, 1.82) is 0 Å². The van der Waals surface area contributed by atoms with Gasteiger partial charge in [0.05, 0.1) is 12.7 Å². The monoisotopic (exact) mass is 316 g/mol. The van der Waals surface area contributed by atoms with Crippen molar-refractivity contribution >= 4 is 8.32 Å². The molecule has 0 saturated carbocycles. The van der Waals surface area contributed by atoms with Gasteiger partial charge in [0.25, 0.3) is 0 Å². The van der Waals surface area contributed by atoms with Crippen molar-refractivity contribution in [1.82, 2.24) is 0 Å². The molecular weight excluding hydrogens is 276 g/mol. The van der Waals surface area contributed by atoms with Crippen LogP contribution in [-0.2, 0) is 4.43 Å². The Morgan fingerprint density at radius 2 is 1.38 bits per heavy atom. The highest BCUT2D eigenvalue weighted by molar-refractivity contribution is 6.79. The molecule has 0 amide bonds. The van der Waals surface area contributed by atoms with Crippen LogP contribution < -0.4 is 0 Å². The molecule has 0 aromatic rings. The maximum atomic E-state index is 10.2. The Morgan fingerprint density at radius 1 is 0.905 bits per heavy atom. The topological polar surface area (TPSA) is 29.5 Å². The van der Waals surface area contributed by atoms with E-state index < -0.39 is 8.32 Å². The van der Waals surface area contributed by atoms with Crippen LogP contribution in [0.3, 0.4) is 0 Å². The summed E-state index contributed by atoms with van der Waals surface area (Å²) >= 11 is 0. The SMILES string of the molecule is CCCCC(O)CO[Si](CCCC)(C(C)(C)C)C(C)(C)C. The Kier molecular flexibility index (Phi) is 8.74. The predicted molar refractivity (Wildman–Crippen MR) is 96.4 cm³/mol. The third-order valence-corrected chi connectivity index (χ3v) is 11.3. The number of rotatable bonds is 9. The molecule has 0 aromatic carbocycles. The zero-order valence-corrected chi connectivity index (χ0v) is 16.9. The second kappa shape index (κ2) is 8.69. The number of aliphatic hydroxyl groups excluding tert-OH is 1. The van der Waals surface area contributed by atoms with E-state index >= 15 is 0 Å². The van der Waals surface area contributed by atoms with Crippen LogP contribution in [0.15, 0.2) is 0 Å². The first-order valence-electron chi connectivity index (χ1n) is 8.84. The van der Waals surface area contributed by atoms with Gasteiger partial charge in [0, 0.05) is 0 Å². The van der Waals surface area contributed by atoms with E-state index in [2.05, 4.69) is 55.4 Å². The van der Waals surface area contributed by atoms with Crippen LogP contribution in [0, 0.1) is 0 Å². The van der Waals surface area contributed by atoms with Gasteiger partial charge in [-0.15, -0.1) is 0 Å². The molecule has 1 unspecified atom stereocenters. The molecule has 0 fully saturated rings. The molecule has 0 bridgehead atoms. The normalized spacial score (nSPS) is 15.3. The molecule has 21 heavy (non-hydrogen) atoms. The largest absolute Gasteiger partial charge is 0.413 e. The molecule has 0 saturated heterocycles. The summed E-state index contributed by atoms with van der Waals surface area (Å²) in [6.45, 7) is 18.9. The fraction of sp³-hybridized carbons (Fsp3) is 1.00. The van der Waals surface area contributed by atoms with Crippen LogP contribution >= 0.6 is 0 Å². The van der Waals surface area contributed by atoms with Crippen LogP contribution in [0.4, 0.5) is 0 Å². The zero-order chi connectivity index (χ0) is 16.7. The van der Waals surface area contributed by atoms with E-state index in [4.69, 9.17) is 4.43 Å². The van der Waals surface area contributed by atoms with E-state index in [0.29, 0.717) is 6.61 Å². The highest BCUT2D eigenvalue weighted by atomic mass is 28.4. The third kappa shape index (κ3) is 6.03. The second-order valence-electron chi connectivity index (χ2n) is 8.54. The Bertz CT molecular complexity index is 262. The molecular formula is C18H40O2Si. The molecule has 0 heterocycles. The summed E-state index contributed by atoms with van der Waals surface area (Å²) in [5.41, 5.74) is 0. The fourth-order valence-corrected chi connectivity index (χ4v) is 9.66. The van der Waals surface area contributed by atoms with Gasteiger partial charge in [-0.2, -0.15) is 0 Å². The number of hydrogen-bond acceptors (Lipinski definition) is 2. The molecule has 0 radical (unpaired) electrons. The first kappa shape index (κ1) is 21.1. The van der Waals surface area contributed by atoms with Crippen LogP contribution in [0.2, 0.25) is 16.1 Å². The lowest BCUT2D eigenvalue weighted by Gasteiger charge is -2.51. The molecule has 0 rings (SSSR count). The van der Waals surface area contributed by atoms with E-state index in [9.17, 15) is 5.11 Å². The van der Waals surface area contributed by atoms with Crippen LogP contribution in [0.5, 0.6) is 0 Å². The highest BCUT2D eigenvalue weighted by Crippen LogP contribution is 2.54. The molecule has 2 nitrogen and oxygen atoms in total. The second-order valence-corrected chi connectivity index (χ2v) is 14.0. The van der Waals surface area contributed by atoms with E-state index in [0.717, 1.165) is 19.3 Å². The molecule has 1 N–H and O–H groups in total. The van der Waals surface area contributed by atoms with E-state index in [1.54, 1.807) is 0 Å². The first-order valence-corrected chi connectivity index (χ1v) is 11.0. The molecule has 0 aromatic heterocycles. The average molecular weight is 317 g/mol. The molecule has 3 heteroatoms. The molecule has 0 aliphatic heterocycles. The van der Waals surface area contributed by atoms with Crippen molar-refractivity contribution in [3.8, 4) is 0 Å². The molecule has 0 aliphatic rings. The lowest BCUT2D eigenvalue weighted by molar-refractivity contribution is 0.0851. The minimum absolute atomic E-state index is 0.185. The summed E-state index contributed by atoms with van der Waals surface area (Å²) in [4.78, 5) is 0. The maximum Gasteiger partial charge on any atom is 0.203 e. The summed E-state index contributed by atoms with van der Waals surface area (Å²) in [5.74, 6) is 0. The summed E-state index contributed by atoms with van der Waals surface area (Å²) in [5, 5.41) is 10.6. The summed E-state index contributed by atoms with van der Waals surface area (Å²) in [6, 6.07) is 1.19. The Morgan fingerprint density at radius 3 is 1.76 bits per heavy atom. The van der Waals surface area contributed by atoms with Gasteiger partial charge in [-0.25, -0.2) is 0 Å². The Labute approximate surface area is 134 Å². The first-order chi connectivity index (χ1) is 9.52. The van der Waals surface area contributed by atoms with Gasteiger partial charge >= 0.3 is 0 Å². The van der Waals surface area contributed by atoms with Crippen molar-refractivity contribution in [3.05, 3.63) is 0 Å². The zero-order valence-electron chi connectivity index (χ0n) is 15.9. The average Bonchev–Trinajstić information content (AvgIpc) is 2.33. The van der Waals surface area contributed by atoms with Crippen molar-refractivity contribution < 1.29 is 9.53 Å². The summed E-state index contributed by atoms with van der Waals surface area (Å²) in [6.07, 6.45) is 5.22. The van der Waals surface area contributed by atoms with E-state index in [1.165, 1.54) is 18.9 Å². The van der Waals surface area contributed by atoms with Crippen molar-refractivity contribution in [2.45, 2.75) is 110 Å². The minimum atomic E-state index is -1.98.